The Balaban J connectivity index is 1.18. The topological polar surface area (TPSA) is 49.9 Å². The van der Waals surface area contributed by atoms with Gasteiger partial charge in [0.05, 0.1) is 0 Å². The number of likely N-dealkylation sites (tertiary alicyclic amines) is 1. The summed E-state index contributed by atoms with van der Waals surface area (Å²) in [5, 5.41) is 1.38. The molecular formula is C34H46Cl2N2O3SSi. The molecule has 2 amide bonds. The lowest BCUT2D eigenvalue weighted by Gasteiger charge is -2.42. The molecule has 1 atom stereocenters. The van der Waals surface area contributed by atoms with Gasteiger partial charge in [0.2, 0.25) is 5.91 Å². The standard InChI is InChI=1S/C34H46Cl2N2O3SSi/c1-34(2,3)43(4,5)41-28-12-10-27(11-13-28)38-15-14-25(33(38)40)20-29-30(35)21-26(22-31(29)36)23-6-8-24(9-7-23)32(39)37-16-18-42-19-17-37/h6-9,21-22,25,27-28H,10-20H2,1-5H3. The second-order valence-corrected chi connectivity index (χ2v) is 20.7. The fourth-order valence-corrected chi connectivity index (χ4v) is 9.32. The molecule has 3 fully saturated rings. The molecule has 5 nitrogen and oxygen atoms in total. The van der Waals surface area contributed by atoms with Crippen LogP contribution in [-0.2, 0) is 15.6 Å². The molecule has 2 heterocycles. The van der Waals surface area contributed by atoms with Gasteiger partial charge in [0.15, 0.2) is 8.32 Å². The third kappa shape index (κ3) is 7.49. The van der Waals surface area contributed by atoms with E-state index in [-0.39, 0.29) is 22.8 Å². The van der Waals surface area contributed by atoms with E-state index in [0.29, 0.717) is 34.2 Å². The smallest absolute Gasteiger partial charge is 0.253 e. The maximum absolute atomic E-state index is 13.5. The molecule has 5 rings (SSSR count). The molecule has 1 unspecified atom stereocenters. The van der Waals surface area contributed by atoms with E-state index in [0.717, 1.165) is 79.9 Å². The maximum Gasteiger partial charge on any atom is 0.253 e. The number of nitrogens with zero attached hydrogens (tertiary/aromatic N) is 2. The quantitative estimate of drug-likeness (QED) is 0.279. The van der Waals surface area contributed by atoms with Gasteiger partial charge >= 0.3 is 0 Å². The van der Waals surface area contributed by atoms with Crippen LogP contribution in [0.25, 0.3) is 11.1 Å². The monoisotopic (exact) mass is 660 g/mol. The molecule has 3 aliphatic rings. The molecule has 1 saturated carbocycles. The number of thioether (sulfide) groups is 1. The minimum atomic E-state index is -1.79. The molecule has 1 aliphatic carbocycles. The van der Waals surface area contributed by atoms with Crippen molar-refractivity contribution in [2.24, 2.45) is 5.92 Å². The van der Waals surface area contributed by atoms with Crippen LogP contribution in [0, 0.1) is 5.92 Å². The Kier molecular flexibility index (Phi) is 10.3. The van der Waals surface area contributed by atoms with Crippen LogP contribution in [0.3, 0.4) is 0 Å². The summed E-state index contributed by atoms with van der Waals surface area (Å²) >= 11 is 15.5. The van der Waals surface area contributed by atoms with Gasteiger partial charge in [-0.1, -0.05) is 56.1 Å². The van der Waals surface area contributed by atoms with Crippen molar-refractivity contribution in [1.82, 2.24) is 9.80 Å². The van der Waals surface area contributed by atoms with Gasteiger partial charge < -0.3 is 14.2 Å². The van der Waals surface area contributed by atoms with E-state index in [4.69, 9.17) is 27.6 Å². The van der Waals surface area contributed by atoms with Crippen molar-refractivity contribution in [1.29, 1.82) is 0 Å². The molecule has 0 radical (unpaired) electrons. The number of rotatable bonds is 7. The maximum atomic E-state index is 13.5. The molecule has 0 bridgehead atoms. The number of hydrogen-bond donors (Lipinski definition) is 0. The Morgan fingerprint density at radius 1 is 0.930 bits per heavy atom. The van der Waals surface area contributed by atoms with Crippen molar-refractivity contribution in [3.8, 4) is 11.1 Å². The molecule has 2 aromatic rings. The number of amides is 2. The van der Waals surface area contributed by atoms with Gasteiger partial charge in [-0.2, -0.15) is 11.8 Å². The average Bonchev–Trinajstić information content (AvgIpc) is 3.34. The second kappa shape index (κ2) is 13.5. The summed E-state index contributed by atoms with van der Waals surface area (Å²) in [6.45, 7) is 13.9. The molecule has 2 aromatic carbocycles. The molecule has 2 aliphatic heterocycles. The second-order valence-electron chi connectivity index (χ2n) is 13.9. The van der Waals surface area contributed by atoms with E-state index in [1.165, 1.54) is 0 Å². The third-order valence-corrected chi connectivity index (χ3v) is 16.2. The van der Waals surface area contributed by atoms with Gasteiger partial charge in [0.25, 0.3) is 5.91 Å². The minimum Gasteiger partial charge on any atom is -0.414 e. The summed E-state index contributed by atoms with van der Waals surface area (Å²) in [4.78, 5) is 30.4. The number of halogens is 2. The molecule has 43 heavy (non-hydrogen) atoms. The van der Waals surface area contributed by atoms with Gasteiger partial charge in [-0.05, 0) is 97.6 Å². The van der Waals surface area contributed by atoms with Crippen LogP contribution in [0.5, 0.6) is 0 Å². The Hall–Kier alpha value is -1.51. The van der Waals surface area contributed by atoms with Crippen LogP contribution in [0.4, 0.5) is 0 Å². The summed E-state index contributed by atoms with van der Waals surface area (Å²) in [6.07, 6.45) is 5.77. The van der Waals surface area contributed by atoms with Crippen molar-refractivity contribution < 1.29 is 14.0 Å². The molecule has 0 aromatic heterocycles. The van der Waals surface area contributed by atoms with E-state index in [2.05, 4.69) is 38.8 Å². The highest BCUT2D eigenvalue weighted by Crippen LogP contribution is 2.41. The Labute approximate surface area is 273 Å². The van der Waals surface area contributed by atoms with Gasteiger partial charge in [-0.3, -0.25) is 9.59 Å². The molecule has 9 heteroatoms. The Morgan fingerprint density at radius 3 is 2.12 bits per heavy atom. The SMILES string of the molecule is CC(C)(C)[Si](C)(C)OC1CCC(N2CCC(Cc3c(Cl)cc(-c4ccc(C(=O)N5CCSCC5)cc4)cc3Cl)C2=O)CC1. The summed E-state index contributed by atoms with van der Waals surface area (Å²) in [6, 6.07) is 11.8. The van der Waals surface area contributed by atoms with Crippen molar-refractivity contribution >= 4 is 55.1 Å². The fourth-order valence-electron chi connectivity index (χ4n) is 6.35. The van der Waals surface area contributed by atoms with Crippen molar-refractivity contribution in [2.75, 3.05) is 31.1 Å². The molecule has 2 saturated heterocycles. The van der Waals surface area contributed by atoms with Gasteiger partial charge in [-0.15, -0.1) is 0 Å². The zero-order valence-corrected chi connectivity index (χ0v) is 29.6. The van der Waals surface area contributed by atoms with Crippen molar-refractivity contribution in [3.63, 3.8) is 0 Å². The van der Waals surface area contributed by atoms with Crippen molar-refractivity contribution in [3.05, 3.63) is 57.6 Å². The zero-order valence-electron chi connectivity index (χ0n) is 26.3. The van der Waals surface area contributed by atoms with Crippen LogP contribution >= 0.6 is 35.0 Å². The van der Waals surface area contributed by atoms with Crippen LogP contribution < -0.4 is 0 Å². The lowest BCUT2D eigenvalue weighted by Crippen LogP contribution is -2.47. The highest BCUT2D eigenvalue weighted by Gasteiger charge is 2.42. The zero-order chi connectivity index (χ0) is 30.9. The lowest BCUT2D eigenvalue weighted by molar-refractivity contribution is -0.133. The highest BCUT2D eigenvalue weighted by molar-refractivity contribution is 7.99. The van der Waals surface area contributed by atoms with Gasteiger partial charge in [-0.25, -0.2) is 0 Å². The lowest BCUT2D eigenvalue weighted by atomic mass is 9.92. The molecule has 0 N–H and O–H groups in total. The minimum absolute atomic E-state index is 0.0843. The van der Waals surface area contributed by atoms with E-state index in [1.54, 1.807) is 0 Å². The first-order chi connectivity index (χ1) is 20.3. The normalized spacial score (nSPS) is 23.6. The first kappa shape index (κ1) is 32.9. The summed E-state index contributed by atoms with van der Waals surface area (Å²) < 4.78 is 6.68. The summed E-state index contributed by atoms with van der Waals surface area (Å²) in [7, 11) is -1.79. The van der Waals surface area contributed by atoms with Gasteiger partial charge in [0.1, 0.15) is 0 Å². The summed E-state index contributed by atoms with van der Waals surface area (Å²) in [5.74, 6) is 2.20. The Morgan fingerprint density at radius 2 is 1.53 bits per heavy atom. The predicted octanol–water partition coefficient (Wildman–Crippen LogP) is 8.57. The van der Waals surface area contributed by atoms with Crippen LogP contribution in [0.1, 0.15) is 68.8 Å². The van der Waals surface area contributed by atoms with E-state index >= 15 is 0 Å². The van der Waals surface area contributed by atoms with Crippen molar-refractivity contribution in [2.45, 2.75) is 89.6 Å². The predicted molar refractivity (Wildman–Crippen MR) is 183 cm³/mol. The van der Waals surface area contributed by atoms with E-state index in [1.807, 2.05) is 53.1 Å². The van der Waals surface area contributed by atoms with Crippen LogP contribution in [-0.4, -0.2) is 73.2 Å². The average molecular weight is 662 g/mol. The first-order valence-electron chi connectivity index (χ1n) is 15.8. The third-order valence-electron chi connectivity index (χ3n) is 10.1. The number of carbonyl (C=O) groups excluding carboxylic acids is 2. The van der Waals surface area contributed by atoms with Gasteiger partial charge in [0, 0.05) is 64.8 Å². The molecule has 234 valence electrons. The molecular weight excluding hydrogens is 615 g/mol. The number of carbonyl (C=O) groups is 2. The number of benzene rings is 2. The largest absolute Gasteiger partial charge is 0.414 e. The first-order valence-corrected chi connectivity index (χ1v) is 20.6. The fraction of sp³-hybridized carbons (Fsp3) is 0.588. The molecule has 0 spiro atoms. The van der Waals surface area contributed by atoms with Crippen LogP contribution in [0.15, 0.2) is 36.4 Å². The Bertz CT molecular complexity index is 1290. The number of hydrogen-bond acceptors (Lipinski definition) is 4. The van der Waals surface area contributed by atoms with Crippen LogP contribution in [0.2, 0.25) is 28.2 Å². The van der Waals surface area contributed by atoms with E-state index < -0.39 is 8.32 Å². The van der Waals surface area contributed by atoms with E-state index in [9.17, 15) is 9.59 Å². The highest BCUT2D eigenvalue weighted by atomic mass is 35.5. The summed E-state index contributed by atoms with van der Waals surface area (Å²) in [5.41, 5.74) is 3.40.